The van der Waals surface area contributed by atoms with Crippen LogP contribution in [0.5, 0.6) is 5.75 Å². The summed E-state index contributed by atoms with van der Waals surface area (Å²) in [6, 6.07) is 3.60. The fourth-order valence-corrected chi connectivity index (χ4v) is 4.94. The second kappa shape index (κ2) is 8.52. The Bertz CT molecular complexity index is 979. The Morgan fingerprint density at radius 3 is 2.62 bits per heavy atom. The van der Waals surface area contributed by atoms with Crippen LogP contribution >= 0.6 is 0 Å². The van der Waals surface area contributed by atoms with Crippen molar-refractivity contribution in [2.45, 2.75) is 37.8 Å². The molecule has 1 aromatic heterocycles. The topological polar surface area (TPSA) is 114 Å². The number of amides is 1. The van der Waals surface area contributed by atoms with Crippen LogP contribution in [-0.4, -0.2) is 57.5 Å². The highest BCUT2D eigenvalue weighted by molar-refractivity contribution is 7.89. The van der Waals surface area contributed by atoms with E-state index in [0.29, 0.717) is 30.0 Å². The molecule has 158 valence electrons. The van der Waals surface area contributed by atoms with Gasteiger partial charge in [0.05, 0.1) is 18.6 Å². The molecule has 9 nitrogen and oxygen atoms in total. The largest absolute Gasteiger partial charge is 0.497 e. The average molecular weight is 423 g/mol. The number of benzene rings is 1. The van der Waals surface area contributed by atoms with Crippen molar-refractivity contribution in [1.29, 1.82) is 0 Å². The van der Waals surface area contributed by atoms with Crippen molar-refractivity contribution in [3.63, 3.8) is 0 Å². The van der Waals surface area contributed by atoms with Gasteiger partial charge in [0.1, 0.15) is 12.0 Å². The molecular formula is C19H26N4O5S. The fourth-order valence-electron chi connectivity index (χ4n) is 3.51. The lowest BCUT2D eigenvalue weighted by molar-refractivity contribution is 0.0784. The van der Waals surface area contributed by atoms with Crippen molar-refractivity contribution in [3.8, 4) is 5.75 Å². The summed E-state index contributed by atoms with van der Waals surface area (Å²) >= 11 is 0. The molecule has 1 aromatic carbocycles. The standard InChI is InChI=1S/C19H26N4O5S/c1-12-7-15(27-4)8-13(2)18(12)29(25,26)21-9-17-22-16(11-28-17)19(24)23-6-5-14(10-23)20-3/h7-8,11,14,20-21H,5-6,9-10H2,1-4H3. The second-order valence-electron chi connectivity index (χ2n) is 7.07. The van der Waals surface area contributed by atoms with Crippen LogP contribution in [0.1, 0.15) is 33.9 Å². The van der Waals surface area contributed by atoms with E-state index in [4.69, 9.17) is 9.15 Å². The zero-order chi connectivity index (χ0) is 21.2. The number of nitrogens with one attached hydrogen (secondary N) is 2. The molecule has 0 aliphatic carbocycles. The molecule has 10 heteroatoms. The Morgan fingerprint density at radius 2 is 2.03 bits per heavy atom. The smallest absolute Gasteiger partial charge is 0.275 e. The van der Waals surface area contributed by atoms with Gasteiger partial charge in [-0.15, -0.1) is 0 Å². The predicted octanol–water partition coefficient (Wildman–Crippen LogP) is 1.21. The van der Waals surface area contributed by atoms with Crippen molar-refractivity contribution in [2.75, 3.05) is 27.2 Å². The molecule has 2 aromatic rings. The molecule has 1 amide bonds. The van der Waals surface area contributed by atoms with E-state index in [-0.39, 0.29) is 35.0 Å². The average Bonchev–Trinajstić information content (AvgIpc) is 3.34. The van der Waals surface area contributed by atoms with Crippen LogP contribution in [0.25, 0.3) is 0 Å². The van der Waals surface area contributed by atoms with Gasteiger partial charge in [0.25, 0.3) is 5.91 Å². The van der Waals surface area contributed by atoms with Crippen molar-refractivity contribution in [2.24, 2.45) is 0 Å². The molecule has 0 saturated carbocycles. The monoisotopic (exact) mass is 422 g/mol. The first-order valence-electron chi connectivity index (χ1n) is 9.31. The highest BCUT2D eigenvalue weighted by Crippen LogP contribution is 2.25. The first kappa shape index (κ1) is 21.3. The van der Waals surface area contributed by atoms with E-state index < -0.39 is 10.0 Å². The number of methoxy groups -OCH3 is 1. The summed E-state index contributed by atoms with van der Waals surface area (Å²) in [5, 5.41) is 3.15. The van der Waals surface area contributed by atoms with Gasteiger partial charge in [-0.2, -0.15) is 0 Å². The number of nitrogens with zero attached hydrogens (tertiary/aromatic N) is 2. The molecule has 1 fully saturated rings. The maximum atomic E-state index is 12.8. The van der Waals surface area contributed by atoms with E-state index in [0.717, 1.165) is 6.42 Å². The van der Waals surface area contributed by atoms with E-state index >= 15 is 0 Å². The first-order chi connectivity index (χ1) is 13.7. The molecule has 3 rings (SSSR count). The maximum absolute atomic E-state index is 12.8. The molecule has 2 N–H and O–H groups in total. The minimum Gasteiger partial charge on any atom is -0.497 e. The SMILES string of the molecule is CNC1CCN(C(=O)c2coc(CNS(=O)(=O)c3c(C)cc(OC)cc3C)n2)C1. The van der Waals surface area contributed by atoms with Crippen molar-refractivity contribution >= 4 is 15.9 Å². The number of sulfonamides is 1. The van der Waals surface area contributed by atoms with Crippen LogP contribution in [-0.2, 0) is 16.6 Å². The summed E-state index contributed by atoms with van der Waals surface area (Å²) in [6.45, 7) is 4.52. The Hall–Kier alpha value is -2.43. The van der Waals surface area contributed by atoms with Gasteiger partial charge in [0.15, 0.2) is 5.69 Å². The Morgan fingerprint density at radius 1 is 1.34 bits per heavy atom. The molecule has 29 heavy (non-hydrogen) atoms. The summed E-state index contributed by atoms with van der Waals surface area (Å²) in [6.07, 6.45) is 2.15. The number of likely N-dealkylation sites (tertiary alicyclic amines) is 1. The molecule has 0 bridgehead atoms. The number of ether oxygens (including phenoxy) is 1. The maximum Gasteiger partial charge on any atom is 0.275 e. The van der Waals surface area contributed by atoms with Gasteiger partial charge in [0.2, 0.25) is 15.9 Å². The number of likely N-dealkylation sites (N-methyl/N-ethyl adjacent to an activating group) is 1. The molecule has 1 aliphatic rings. The summed E-state index contributed by atoms with van der Waals surface area (Å²) in [7, 11) is -0.394. The number of carbonyl (C=O) groups excluding carboxylic acids is 1. The van der Waals surface area contributed by atoms with E-state index in [1.54, 1.807) is 30.9 Å². The van der Waals surface area contributed by atoms with Gasteiger partial charge in [-0.25, -0.2) is 18.1 Å². The third kappa shape index (κ3) is 4.60. The van der Waals surface area contributed by atoms with Crippen LogP contribution in [0.3, 0.4) is 0 Å². The van der Waals surface area contributed by atoms with Crippen molar-refractivity contribution in [1.82, 2.24) is 19.9 Å². The number of hydrogen-bond acceptors (Lipinski definition) is 7. The number of rotatable bonds is 7. The molecule has 2 heterocycles. The van der Waals surface area contributed by atoms with E-state index in [9.17, 15) is 13.2 Å². The third-order valence-corrected chi connectivity index (χ3v) is 6.71. The number of hydrogen-bond donors (Lipinski definition) is 2. The Kier molecular flexibility index (Phi) is 6.25. The van der Waals surface area contributed by atoms with Gasteiger partial charge < -0.3 is 19.4 Å². The lowest BCUT2D eigenvalue weighted by Crippen LogP contribution is -2.33. The number of oxazole rings is 1. The first-order valence-corrected chi connectivity index (χ1v) is 10.8. The second-order valence-corrected chi connectivity index (χ2v) is 8.77. The quantitative estimate of drug-likeness (QED) is 0.689. The summed E-state index contributed by atoms with van der Waals surface area (Å²) in [5.74, 6) is 0.504. The van der Waals surface area contributed by atoms with Crippen LogP contribution < -0.4 is 14.8 Å². The lowest BCUT2D eigenvalue weighted by Gasteiger charge is -2.14. The van der Waals surface area contributed by atoms with Gasteiger partial charge in [-0.1, -0.05) is 0 Å². The van der Waals surface area contributed by atoms with Crippen LogP contribution in [0.2, 0.25) is 0 Å². The van der Waals surface area contributed by atoms with Gasteiger partial charge in [0, 0.05) is 19.1 Å². The summed E-state index contributed by atoms with van der Waals surface area (Å²) < 4.78 is 38.5. The molecule has 1 unspecified atom stereocenters. The van der Waals surface area contributed by atoms with Crippen molar-refractivity contribution in [3.05, 3.63) is 41.1 Å². The van der Waals surface area contributed by atoms with Crippen LogP contribution in [0.4, 0.5) is 0 Å². The molecular weight excluding hydrogens is 396 g/mol. The van der Waals surface area contributed by atoms with E-state index in [2.05, 4.69) is 15.0 Å². The van der Waals surface area contributed by atoms with Gasteiger partial charge in [-0.3, -0.25) is 4.79 Å². The molecule has 1 saturated heterocycles. The lowest BCUT2D eigenvalue weighted by atomic mass is 10.1. The minimum absolute atomic E-state index is 0.130. The number of carbonyl (C=O) groups is 1. The van der Waals surface area contributed by atoms with Gasteiger partial charge >= 0.3 is 0 Å². The Labute approximate surface area is 170 Å². The molecule has 0 radical (unpaired) electrons. The Balaban J connectivity index is 1.69. The zero-order valence-electron chi connectivity index (χ0n) is 17.0. The third-order valence-electron chi connectivity index (χ3n) is 5.01. The number of aromatic nitrogens is 1. The summed E-state index contributed by atoms with van der Waals surface area (Å²) in [4.78, 5) is 18.6. The number of aryl methyl sites for hydroxylation is 2. The highest BCUT2D eigenvalue weighted by atomic mass is 32.2. The fraction of sp³-hybridized carbons (Fsp3) is 0.474. The van der Waals surface area contributed by atoms with Crippen LogP contribution in [0.15, 0.2) is 27.7 Å². The molecule has 0 spiro atoms. The molecule has 1 atom stereocenters. The normalized spacial score (nSPS) is 17.0. The van der Waals surface area contributed by atoms with Crippen LogP contribution in [0, 0.1) is 13.8 Å². The predicted molar refractivity (Wildman–Crippen MR) is 106 cm³/mol. The summed E-state index contributed by atoms with van der Waals surface area (Å²) in [5.41, 5.74) is 1.32. The minimum atomic E-state index is -3.79. The van der Waals surface area contributed by atoms with E-state index in [1.807, 2.05) is 7.05 Å². The van der Waals surface area contributed by atoms with E-state index in [1.165, 1.54) is 13.4 Å². The zero-order valence-corrected chi connectivity index (χ0v) is 17.8. The highest BCUT2D eigenvalue weighted by Gasteiger charge is 2.28. The molecule has 1 aliphatic heterocycles. The van der Waals surface area contributed by atoms with Crippen molar-refractivity contribution < 1.29 is 22.4 Å². The van der Waals surface area contributed by atoms with Gasteiger partial charge in [-0.05, 0) is 50.6 Å².